The van der Waals surface area contributed by atoms with Crippen molar-refractivity contribution in [3.63, 3.8) is 0 Å². The summed E-state index contributed by atoms with van der Waals surface area (Å²) in [5.74, 6) is 0.421. The molecule has 2 N–H and O–H groups in total. The van der Waals surface area contributed by atoms with Crippen LogP contribution >= 0.6 is 15.9 Å². The van der Waals surface area contributed by atoms with Crippen molar-refractivity contribution in [2.45, 2.75) is 13.5 Å². The van der Waals surface area contributed by atoms with Crippen molar-refractivity contribution < 1.29 is 0 Å². The molecule has 15 heavy (non-hydrogen) atoms. The van der Waals surface area contributed by atoms with E-state index in [-0.39, 0.29) is 0 Å². The average molecular weight is 271 g/mol. The van der Waals surface area contributed by atoms with E-state index in [1.54, 1.807) is 4.68 Å². The van der Waals surface area contributed by atoms with Crippen molar-refractivity contribution in [1.29, 1.82) is 0 Å². The molecule has 0 saturated carbocycles. The molecule has 2 heterocycles. The van der Waals surface area contributed by atoms with E-state index in [0.29, 0.717) is 12.4 Å². The summed E-state index contributed by atoms with van der Waals surface area (Å²) in [6, 6.07) is 0. The van der Waals surface area contributed by atoms with Crippen LogP contribution in [0.15, 0.2) is 10.7 Å². The smallest absolute Gasteiger partial charge is 0.165 e. The first-order chi connectivity index (χ1) is 7.08. The molecule has 0 aliphatic heterocycles. The summed E-state index contributed by atoms with van der Waals surface area (Å²) in [7, 11) is 1.89. The lowest BCUT2D eigenvalue weighted by Gasteiger charge is -2.01. The normalized spacial score (nSPS) is 10.9. The van der Waals surface area contributed by atoms with Gasteiger partial charge in [-0.3, -0.25) is 4.68 Å². The molecule has 2 aromatic heterocycles. The molecule has 80 valence electrons. The summed E-state index contributed by atoms with van der Waals surface area (Å²) in [6.45, 7) is 2.49. The van der Waals surface area contributed by atoms with E-state index in [0.717, 1.165) is 15.9 Å². The third kappa shape index (κ3) is 1.87. The lowest BCUT2D eigenvalue weighted by molar-refractivity contribution is 0.555. The second kappa shape index (κ2) is 3.65. The molecule has 7 heteroatoms. The van der Waals surface area contributed by atoms with Crippen LogP contribution < -0.4 is 5.73 Å². The van der Waals surface area contributed by atoms with Crippen LogP contribution in [0.5, 0.6) is 0 Å². The van der Waals surface area contributed by atoms with E-state index < -0.39 is 0 Å². The van der Waals surface area contributed by atoms with E-state index in [1.165, 1.54) is 11.0 Å². The lowest BCUT2D eigenvalue weighted by atomic mass is 10.4. The summed E-state index contributed by atoms with van der Waals surface area (Å²) < 4.78 is 2.79. The minimum absolute atomic E-state index is 0.421. The molecule has 0 unspecified atom stereocenters. The van der Waals surface area contributed by atoms with Crippen molar-refractivity contribution >= 4 is 21.7 Å². The second-order valence-electron chi connectivity index (χ2n) is 3.27. The molecule has 0 radical (unpaired) electrons. The molecule has 6 nitrogen and oxygen atoms in total. The average Bonchev–Trinajstić information content (AvgIpc) is 2.67. The van der Waals surface area contributed by atoms with Gasteiger partial charge in [-0.25, -0.2) is 0 Å². The summed E-state index contributed by atoms with van der Waals surface area (Å²) >= 11 is 3.48. The van der Waals surface area contributed by atoms with Crippen molar-refractivity contribution in [3.8, 4) is 0 Å². The highest BCUT2D eigenvalue weighted by Crippen LogP contribution is 2.20. The number of hydrogen-bond acceptors (Lipinski definition) is 4. The van der Waals surface area contributed by atoms with E-state index in [1.807, 2.05) is 14.0 Å². The molecule has 0 amide bonds. The fourth-order valence-electron chi connectivity index (χ4n) is 1.37. The van der Waals surface area contributed by atoms with Crippen LogP contribution in [0, 0.1) is 6.92 Å². The fourth-order valence-corrected chi connectivity index (χ4v) is 1.83. The van der Waals surface area contributed by atoms with Gasteiger partial charge in [0.25, 0.3) is 0 Å². The molecule has 0 bridgehead atoms. The molecule has 0 aliphatic rings. The van der Waals surface area contributed by atoms with Crippen LogP contribution in [0.3, 0.4) is 0 Å². The Bertz CT molecular complexity index is 485. The molecule has 0 aromatic carbocycles. The Balaban J connectivity index is 2.31. The molecule has 0 saturated heterocycles. The Morgan fingerprint density at radius 3 is 2.67 bits per heavy atom. The zero-order valence-electron chi connectivity index (χ0n) is 8.48. The van der Waals surface area contributed by atoms with Gasteiger partial charge in [-0.15, -0.1) is 5.10 Å². The number of anilines is 1. The first-order valence-corrected chi connectivity index (χ1v) is 5.21. The zero-order valence-corrected chi connectivity index (χ0v) is 10.1. The van der Waals surface area contributed by atoms with Gasteiger partial charge < -0.3 is 5.73 Å². The quantitative estimate of drug-likeness (QED) is 0.873. The number of nitrogens with zero attached hydrogens (tertiary/aromatic N) is 5. The molecule has 0 atom stereocenters. The van der Waals surface area contributed by atoms with Gasteiger partial charge in [-0.2, -0.15) is 15.0 Å². The lowest BCUT2D eigenvalue weighted by Crippen LogP contribution is -2.09. The maximum atomic E-state index is 5.48. The van der Waals surface area contributed by atoms with E-state index in [4.69, 9.17) is 5.73 Å². The monoisotopic (exact) mass is 270 g/mol. The van der Waals surface area contributed by atoms with Gasteiger partial charge in [-0.1, -0.05) is 0 Å². The predicted octanol–water partition coefficient (Wildman–Crippen LogP) is 0.713. The molecule has 0 fully saturated rings. The zero-order chi connectivity index (χ0) is 11.0. The second-order valence-corrected chi connectivity index (χ2v) is 4.06. The fraction of sp³-hybridized carbons (Fsp3) is 0.375. The Hall–Kier alpha value is -1.37. The van der Waals surface area contributed by atoms with E-state index in [2.05, 4.69) is 31.2 Å². The van der Waals surface area contributed by atoms with Gasteiger partial charge >= 0.3 is 0 Å². The van der Waals surface area contributed by atoms with Crippen LogP contribution in [0.1, 0.15) is 11.4 Å². The standard InChI is InChI=1S/C8H11BrN6/c1-5-8(9)6(14(2)12-5)4-15-11-3-7(10)13-15/h3H,4H2,1-2H3,(H2,10,13). The van der Waals surface area contributed by atoms with Gasteiger partial charge in [-0.05, 0) is 22.9 Å². The molecule has 2 rings (SSSR count). The SMILES string of the molecule is Cc1nn(C)c(Cn2ncc(N)n2)c1Br. The highest BCUT2D eigenvalue weighted by atomic mass is 79.9. The molecule has 2 aromatic rings. The van der Waals surface area contributed by atoms with Crippen molar-refractivity contribution in [2.75, 3.05) is 5.73 Å². The van der Waals surface area contributed by atoms with Gasteiger partial charge in [0.1, 0.15) is 6.54 Å². The molecular weight excluding hydrogens is 260 g/mol. The Morgan fingerprint density at radius 2 is 2.20 bits per heavy atom. The topological polar surface area (TPSA) is 74.5 Å². The number of rotatable bonds is 2. The Labute approximate surface area is 95.2 Å². The van der Waals surface area contributed by atoms with Crippen LogP contribution in [0.4, 0.5) is 5.82 Å². The summed E-state index contributed by atoms with van der Waals surface area (Å²) in [6.07, 6.45) is 1.52. The van der Waals surface area contributed by atoms with Crippen LogP contribution in [-0.4, -0.2) is 24.8 Å². The maximum absolute atomic E-state index is 5.48. The molecular formula is C8H11BrN6. The molecule has 0 aliphatic carbocycles. The first kappa shape index (κ1) is 10.2. The van der Waals surface area contributed by atoms with Gasteiger partial charge in [0.15, 0.2) is 5.82 Å². The van der Waals surface area contributed by atoms with Crippen molar-refractivity contribution in [2.24, 2.45) is 7.05 Å². The van der Waals surface area contributed by atoms with Crippen molar-refractivity contribution in [1.82, 2.24) is 24.8 Å². The largest absolute Gasteiger partial charge is 0.381 e. The number of aryl methyl sites for hydroxylation is 2. The third-order valence-electron chi connectivity index (χ3n) is 2.11. The van der Waals surface area contributed by atoms with Crippen molar-refractivity contribution in [3.05, 3.63) is 22.1 Å². The van der Waals surface area contributed by atoms with E-state index in [9.17, 15) is 0 Å². The number of halogens is 1. The predicted molar refractivity (Wildman–Crippen MR) is 59.2 cm³/mol. The number of hydrogen-bond donors (Lipinski definition) is 1. The maximum Gasteiger partial charge on any atom is 0.165 e. The van der Waals surface area contributed by atoms with Gasteiger partial charge in [0, 0.05) is 7.05 Å². The Morgan fingerprint density at radius 1 is 1.47 bits per heavy atom. The highest BCUT2D eigenvalue weighted by molar-refractivity contribution is 9.10. The van der Waals surface area contributed by atoms with Gasteiger partial charge in [0.2, 0.25) is 0 Å². The minimum atomic E-state index is 0.421. The van der Waals surface area contributed by atoms with E-state index >= 15 is 0 Å². The minimum Gasteiger partial charge on any atom is -0.381 e. The van der Waals surface area contributed by atoms with Crippen LogP contribution in [0.25, 0.3) is 0 Å². The summed E-state index contributed by atoms with van der Waals surface area (Å²) in [5.41, 5.74) is 7.45. The summed E-state index contributed by atoms with van der Waals surface area (Å²) in [5, 5.41) is 12.3. The highest BCUT2D eigenvalue weighted by Gasteiger charge is 2.11. The van der Waals surface area contributed by atoms with Crippen LogP contribution in [0.2, 0.25) is 0 Å². The summed E-state index contributed by atoms with van der Waals surface area (Å²) in [4.78, 5) is 1.54. The number of nitrogens with two attached hydrogens (primary N) is 1. The third-order valence-corrected chi connectivity index (χ3v) is 3.14. The Kier molecular flexibility index (Phi) is 2.47. The van der Waals surface area contributed by atoms with Gasteiger partial charge in [0.05, 0.1) is 22.1 Å². The van der Waals surface area contributed by atoms with Crippen LogP contribution in [-0.2, 0) is 13.6 Å². The first-order valence-electron chi connectivity index (χ1n) is 4.41. The molecule has 0 spiro atoms. The number of aromatic nitrogens is 5. The number of nitrogen functional groups attached to an aromatic ring is 1.